The molecule has 1 heterocycles. The Morgan fingerprint density at radius 1 is 0.900 bits per heavy atom. The molecule has 2 aliphatic rings. The lowest BCUT2D eigenvalue weighted by Gasteiger charge is -2.36. The molecule has 0 unspecified atom stereocenters. The summed E-state index contributed by atoms with van der Waals surface area (Å²) in [7, 11) is 0. The van der Waals surface area contributed by atoms with Gasteiger partial charge in [0.1, 0.15) is 0 Å². The second-order valence-electron chi connectivity index (χ2n) is 6.62. The maximum atomic E-state index is 6.01. The van der Waals surface area contributed by atoms with Crippen LogP contribution in [-0.2, 0) is 9.47 Å². The van der Waals surface area contributed by atoms with Gasteiger partial charge in [0.15, 0.2) is 6.29 Å². The van der Waals surface area contributed by atoms with Crippen molar-refractivity contribution in [1.82, 2.24) is 0 Å². The summed E-state index contributed by atoms with van der Waals surface area (Å²) in [4.78, 5) is 0.721. The van der Waals surface area contributed by atoms with Crippen LogP contribution in [0.25, 0.3) is 0 Å². The predicted octanol–water partition coefficient (Wildman–Crippen LogP) is 5.29. The molecule has 1 saturated heterocycles. The molecule has 2 nitrogen and oxygen atoms in total. The van der Waals surface area contributed by atoms with E-state index in [1.165, 1.54) is 64.2 Å². The Balaban J connectivity index is 1.55. The molecule has 0 aromatic carbocycles. The van der Waals surface area contributed by atoms with Crippen molar-refractivity contribution in [3.63, 3.8) is 0 Å². The second kappa shape index (κ2) is 9.42. The smallest absolute Gasteiger partial charge is 0.160 e. The van der Waals surface area contributed by atoms with E-state index in [9.17, 15) is 0 Å². The lowest BCUT2D eigenvalue weighted by Crippen LogP contribution is -2.38. The highest BCUT2D eigenvalue weighted by Crippen LogP contribution is 2.34. The average molecular weight is 347 g/mol. The molecule has 0 bridgehead atoms. The second-order valence-corrected chi connectivity index (χ2v) is 7.91. The quantitative estimate of drug-likeness (QED) is 0.460. The van der Waals surface area contributed by atoms with Gasteiger partial charge in [0, 0.05) is 16.7 Å². The van der Waals surface area contributed by atoms with Crippen molar-refractivity contribution in [2.24, 2.45) is 11.8 Å². The number of alkyl halides is 1. The Morgan fingerprint density at radius 3 is 2.20 bits per heavy atom. The lowest BCUT2D eigenvalue weighted by atomic mass is 9.88. The highest BCUT2D eigenvalue weighted by atomic mass is 79.9. The summed E-state index contributed by atoms with van der Waals surface area (Å²) in [6.45, 7) is 4.12. The fourth-order valence-electron chi connectivity index (χ4n) is 3.38. The molecule has 1 aliphatic heterocycles. The molecular formula is C17H31BrO2. The van der Waals surface area contributed by atoms with Crippen LogP contribution in [0.15, 0.2) is 0 Å². The Morgan fingerprint density at radius 2 is 1.55 bits per heavy atom. The monoisotopic (exact) mass is 346 g/mol. The molecule has 0 spiro atoms. The van der Waals surface area contributed by atoms with E-state index < -0.39 is 0 Å². The summed E-state index contributed by atoms with van der Waals surface area (Å²) in [5, 5.41) is 0. The standard InChI is InChI=1S/C17H31BrO2/c1-2-3-4-5-6-7-14-12-19-17(20-13-14)15-8-10-16(18)11-9-15/h14-17H,2-13H2,1H3. The van der Waals surface area contributed by atoms with Gasteiger partial charge < -0.3 is 9.47 Å². The molecule has 0 aromatic rings. The van der Waals surface area contributed by atoms with E-state index >= 15 is 0 Å². The lowest BCUT2D eigenvalue weighted by molar-refractivity contribution is -0.228. The summed E-state index contributed by atoms with van der Waals surface area (Å²) >= 11 is 3.71. The number of hydrogen-bond acceptors (Lipinski definition) is 2. The molecule has 118 valence electrons. The highest BCUT2D eigenvalue weighted by Gasteiger charge is 2.31. The van der Waals surface area contributed by atoms with Crippen molar-refractivity contribution in [3.8, 4) is 0 Å². The Bertz CT molecular complexity index is 243. The number of rotatable bonds is 7. The minimum atomic E-state index is 0.0892. The topological polar surface area (TPSA) is 18.5 Å². The molecule has 20 heavy (non-hydrogen) atoms. The van der Waals surface area contributed by atoms with Crippen LogP contribution in [0.4, 0.5) is 0 Å². The molecule has 0 N–H and O–H groups in total. The molecule has 0 radical (unpaired) electrons. The van der Waals surface area contributed by atoms with Gasteiger partial charge in [0.2, 0.25) is 0 Å². The summed E-state index contributed by atoms with van der Waals surface area (Å²) < 4.78 is 12.0. The van der Waals surface area contributed by atoms with E-state index in [0.717, 1.165) is 18.0 Å². The van der Waals surface area contributed by atoms with Gasteiger partial charge in [-0.2, -0.15) is 0 Å². The van der Waals surface area contributed by atoms with Crippen LogP contribution >= 0.6 is 15.9 Å². The first-order valence-electron chi connectivity index (χ1n) is 8.67. The van der Waals surface area contributed by atoms with Crippen LogP contribution in [0, 0.1) is 11.8 Å². The number of halogens is 1. The predicted molar refractivity (Wildman–Crippen MR) is 87.2 cm³/mol. The highest BCUT2D eigenvalue weighted by molar-refractivity contribution is 9.09. The molecule has 2 rings (SSSR count). The van der Waals surface area contributed by atoms with Crippen molar-refractivity contribution in [2.45, 2.75) is 82.2 Å². The van der Waals surface area contributed by atoms with Gasteiger partial charge in [0.05, 0.1) is 13.2 Å². The molecule has 3 heteroatoms. The largest absolute Gasteiger partial charge is 0.352 e. The van der Waals surface area contributed by atoms with Gasteiger partial charge >= 0.3 is 0 Å². The number of hydrogen-bond donors (Lipinski definition) is 0. The average Bonchev–Trinajstić information content (AvgIpc) is 2.49. The molecule has 1 aliphatic carbocycles. The van der Waals surface area contributed by atoms with Gasteiger partial charge in [-0.1, -0.05) is 55.0 Å². The summed E-state index contributed by atoms with van der Waals surface area (Å²) in [6.07, 6.45) is 13.2. The zero-order valence-electron chi connectivity index (χ0n) is 13.0. The summed E-state index contributed by atoms with van der Waals surface area (Å²) in [5.41, 5.74) is 0. The van der Waals surface area contributed by atoms with E-state index in [2.05, 4.69) is 22.9 Å². The van der Waals surface area contributed by atoms with E-state index in [1.54, 1.807) is 0 Å². The SMILES string of the molecule is CCCCCCCC1COC(C2CCC(Br)CC2)OC1. The van der Waals surface area contributed by atoms with Crippen LogP contribution in [-0.4, -0.2) is 24.3 Å². The van der Waals surface area contributed by atoms with E-state index in [0.29, 0.717) is 11.8 Å². The van der Waals surface area contributed by atoms with Crippen LogP contribution in [0.2, 0.25) is 0 Å². The Kier molecular flexibility index (Phi) is 7.90. The van der Waals surface area contributed by atoms with E-state index in [1.807, 2.05) is 0 Å². The van der Waals surface area contributed by atoms with Gasteiger partial charge in [-0.25, -0.2) is 0 Å². The zero-order valence-corrected chi connectivity index (χ0v) is 14.6. The fourth-order valence-corrected chi connectivity index (χ4v) is 3.91. The third-order valence-corrected chi connectivity index (χ3v) is 5.71. The van der Waals surface area contributed by atoms with E-state index in [4.69, 9.17) is 9.47 Å². The van der Waals surface area contributed by atoms with Gasteiger partial charge in [-0.05, 0) is 32.1 Å². The first-order chi connectivity index (χ1) is 9.79. The molecule has 2 fully saturated rings. The van der Waals surface area contributed by atoms with Crippen molar-refractivity contribution >= 4 is 15.9 Å². The van der Waals surface area contributed by atoms with Gasteiger partial charge in [-0.3, -0.25) is 0 Å². The molecule has 0 amide bonds. The zero-order chi connectivity index (χ0) is 14.2. The number of unbranched alkanes of at least 4 members (excludes halogenated alkanes) is 4. The Labute approximate surface area is 133 Å². The molecule has 0 aromatic heterocycles. The molecular weight excluding hydrogens is 316 g/mol. The number of ether oxygens (including phenoxy) is 2. The maximum Gasteiger partial charge on any atom is 0.160 e. The molecule has 0 atom stereocenters. The minimum Gasteiger partial charge on any atom is -0.352 e. The van der Waals surface area contributed by atoms with Gasteiger partial charge in [-0.15, -0.1) is 0 Å². The van der Waals surface area contributed by atoms with Crippen LogP contribution < -0.4 is 0 Å². The van der Waals surface area contributed by atoms with Crippen molar-refractivity contribution in [2.75, 3.05) is 13.2 Å². The third kappa shape index (κ3) is 5.65. The fraction of sp³-hybridized carbons (Fsp3) is 1.00. The maximum absolute atomic E-state index is 6.01. The Hall–Kier alpha value is 0.400. The van der Waals surface area contributed by atoms with Crippen LogP contribution in [0.3, 0.4) is 0 Å². The van der Waals surface area contributed by atoms with Gasteiger partial charge in [0.25, 0.3) is 0 Å². The van der Waals surface area contributed by atoms with Crippen LogP contribution in [0.1, 0.15) is 71.1 Å². The van der Waals surface area contributed by atoms with Crippen molar-refractivity contribution in [3.05, 3.63) is 0 Å². The summed E-state index contributed by atoms with van der Waals surface area (Å²) in [6, 6.07) is 0. The molecule has 1 saturated carbocycles. The normalized spacial score (nSPS) is 35.1. The minimum absolute atomic E-state index is 0.0892. The van der Waals surface area contributed by atoms with Crippen molar-refractivity contribution < 1.29 is 9.47 Å². The first kappa shape index (κ1) is 16.8. The first-order valence-corrected chi connectivity index (χ1v) is 9.58. The van der Waals surface area contributed by atoms with Crippen LogP contribution in [0.5, 0.6) is 0 Å². The van der Waals surface area contributed by atoms with E-state index in [-0.39, 0.29) is 6.29 Å². The third-order valence-electron chi connectivity index (χ3n) is 4.79. The van der Waals surface area contributed by atoms with Crippen molar-refractivity contribution in [1.29, 1.82) is 0 Å². The summed E-state index contributed by atoms with van der Waals surface area (Å²) in [5.74, 6) is 1.27.